The van der Waals surface area contributed by atoms with Crippen molar-refractivity contribution in [2.24, 2.45) is 17.1 Å². The lowest BCUT2D eigenvalue weighted by Crippen LogP contribution is -2.56. The Morgan fingerprint density at radius 1 is 1.31 bits per heavy atom. The summed E-state index contributed by atoms with van der Waals surface area (Å²) in [7, 11) is 0. The van der Waals surface area contributed by atoms with Gasteiger partial charge in [0.05, 0.1) is 12.1 Å². The minimum atomic E-state index is -0.332. The fourth-order valence-electron chi connectivity index (χ4n) is 2.70. The molecule has 0 radical (unpaired) electrons. The van der Waals surface area contributed by atoms with Gasteiger partial charge in [-0.2, -0.15) is 0 Å². The highest BCUT2D eigenvalue weighted by Gasteiger charge is 2.43. The number of nitrogens with zero attached hydrogens (tertiary/aromatic N) is 1. The molecular formula is C13H26N2O. The molecule has 1 saturated carbocycles. The first kappa shape index (κ1) is 12.3. The van der Waals surface area contributed by atoms with Gasteiger partial charge < -0.3 is 15.7 Å². The van der Waals surface area contributed by atoms with Crippen LogP contribution >= 0.6 is 0 Å². The summed E-state index contributed by atoms with van der Waals surface area (Å²) < 4.78 is 0. The van der Waals surface area contributed by atoms with E-state index in [0.29, 0.717) is 11.3 Å². The molecule has 0 amide bonds. The zero-order valence-electron chi connectivity index (χ0n) is 10.7. The zero-order valence-corrected chi connectivity index (χ0v) is 10.7. The number of nitrogens with two attached hydrogens (primary N) is 1. The van der Waals surface area contributed by atoms with Crippen LogP contribution in [0.15, 0.2) is 0 Å². The first-order chi connectivity index (χ1) is 7.45. The smallest absolute Gasteiger partial charge is 0.0626 e. The van der Waals surface area contributed by atoms with Gasteiger partial charge in [0, 0.05) is 6.54 Å². The van der Waals surface area contributed by atoms with Gasteiger partial charge in [0.25, 0.3) is 0 Å². The zero-order chi connectivity index (χ0) is 11.8. The first-order valence-electron chi connectivity index (χ1n) is 6.57. The van der Waals surface area contributed by atoms with Crippen molar-refractivity contribution < 1.29 is 5.11 Å². The second-order valence-electron chi connectivity index (χ2n) is 6.61. The van der Waals surface area contributed by atoms with Crippen LogP contribution in [0, 0.1) is 11.3 Å². The lowest BCUT2D eigenvalue weighted by molar-refractivity contribution is 0.0768. The van der Waals surface area contributed by atoms with Gasteiger partial charge in [0.1, 0.15) is 0 Å². The van der Waals surface area contributed by atoms with Gasteiger partial charge in [-0.15, -0.1) is 0 Å². The maximum atomic E-state index is 9.48. The average molecular weight is 226 g/mol. The van der Waals surface area contributed by atoms with Crippen LogP contribution in [0.25, 0.3) is 0 Å². The Bertz CT molecular complexity index is 240. The fraction of sp³-hybridized carbons (Fsp3) is 1.00. The molecule has 1 saturated heterocycles. The molecule has 3 N–H and O–H groups in total. The van der Waals surface area contributed by atoms with E-state index in [4.69, 9.17) is 5.73 Å². The number of hydrogen-bond donors (Lipinski definition) is 2. The summed E-state index contributed by atoms with van der Waals surface area (Å²) in [6.45, 7) is 7.97. The Balaban J connectivity index is 1.85. The summed E-state index contributed by atoms with van der Waals surface area (Å²) in [5, 5.41) is 9.48. The lowest BCUT2D eigenvalue weighted by Gasteiger charge is -2.41. The molecule has 0 bridgehead atoms. The summed E-state index contributed by atoms with van der Waals surface area (Å²) >= 11 is 0. The van der Waals surface area contributed by atoms with Crippen LogP contribution < -0.4 is 5.73 Å². The third-order valence-corrected chi connectivity index (χ3v) is 4.41. The molecule has 2 rings (SSSR count). The van der Waals surface area contributed by atoms with Crippen LogP contribution in [0.3, 0.4) is 0 Å². The van der Waals surface area contributed by atoms with Gasteiger partial charge in [-0.05, 0) is 50.1 Å². The number of hydrogen-bond acceptors (Lipinski definition) is 3. The minimum absolute atomic E-state index is 0.136. The Labute approximate surface area is 99.0 Å². The highest BCUT2D eigenvalue weighted by Crippen LogP contribution is 2.39. The van der Waals surface area contributed by atoms with Crippen LogP contribution in [0.5, 0.6) is 0 Å². The highest BCUT2D eigenvalue weighted by atomic mass is 16.3. The van der Waals surface area contributed by atoms with E-state index in [9.17, 15) is 5.11 Å². The topological polar surface area (TPSA) is 49.5 Å². The van der Waals surface area contributed by atoms with E-state index in [1.165, 1.54) is 25.7 Å². The molecule has 2 aliphatic rings. The Morgan fingerprint density at radius 2 is 1.88 bits per heavy atom. The quantitative estimate of drug-likeness (QED) is 0.757. The van der Waals surface area contributed by atoms with Crippen LogP contribution in [-0.4, -0.2) is 41.8 Å². The van der Waals surface area contributed by atoms with E-state index in [1.807, 2.05) is 0 Å². The van der Waals surface area contributed by atoms with Gasteiger partial charge in [0.15, 0.2) is 0 Å². The third-order valence-electron chi connectivity index (χ3n) is 4.41. The number of aliphatic hydroxyl groups is 1. The summed E-state index contributed by atoms with van der Waals surface area (Å²) in [6.07, 6.45) is 4.91. The molecule has 0 aromatic rings. The van der Waals surface area contributed by atoms with Crippen molar-refractivity contribution >= 4 is 0 Å². The van der Waals surface area contributed by atoms with Crippen molar-refractivity contribution in [2.45, 2.75) is 45.1 Å². The lowest BCUT2D eigenvalue weighted by atomic mass is 9.82. The molecule has 94 valence electrons. The van der Waals surface area contributed by atoms with Crippen molar-refractivity contribution in [2.75, 3.05) is 26.2 Å². The molecule has 16 heavy (non-hydrogen) atoms. The number of likely N-dealkylation sites (tertiary alicyclic amines) is 1. The third kappa shape index (κ3) is 2.76. The molecule has 1 aliphatic heterocycles. The van der Waals surface area contributed by atoms with Crippen molar-refractivity contribution in [1.82, 2.24) is 4.90 Å². The predicted molar refractivity (Wildman–Crippen MR) is 66.2 cm³/mol. The van der Waals surface area contributed by atoms with Crippen molar-refractivity contribution in [3.05, 3.63) is 0 Å². The van der Waals surface area contributed by atoms with E-state index in [0.717, 1.165) is 19.6 Å². The molecule has 1 atom stereocenters. The minimum Gasteiger partial charge on any atom is -0.394 e. The van der Waals surface area contributed by atoms with Crippen molar-refractivity contribution in [3.63, 3.8) is 0 Å². The first-order valence-corrected chi connectivity index (χ1v) is 6.57. The van der Waals surface area contributed by atoms with E-state index >= 15 is 0 Å². The second-order valence-corrected chi connectivity index (χ2v) is 6.61. The Hall–Kier alpha value is -0.120. The number of piperidine rings is 1. The molecular weight excluding hydrogens is 200 g/mol. The summed E-state index contributed by atoms with van der Waals surface area (Å²) in [5.41, 5.74) is 6.47. The van der Waals surface area contributed by atoms with Crippen molar-refractivity contribution in [1.29, 1.82) is 0 Å². The predicted octanol–water partition coefficient (Wildman–Crippen LogP) is 1.21. The largest absolute Gasteiger partial charge is 0.394 e. The molecule has 1 aliphatic carbocycles. The molecule has 3 heteroatoms. The van der Waals surface area contributed by atoms with Gasteiger partial charge in [-0.25, -0.2) is 0 Å². The molecule has 1 heterocycles. The van der Waals surface area contributed by atoms with Gasteiger partial charge in [-0.1, -0.05) is 13.8 Å². The van der Waals surface area contributed by atoms with E-state index in [-0.39, 0.29) is 12.1 Å². The van der Waals surface area contributed by atoms with Crippen LogP contribution in [0.2, 0.25) is 0 Å². The summed E-state index contributed by atoms with van der Waals surface area (Å²) in [4.78, 5) is 2.44. The SMILES string of the molecule is CC1(C)CCN(CC(N)(CO)C2CC2)CC1. The molecule has 0 spiro atoms. The maximum Gasteiger partial charge on any atom is 0.0626 e. The monoisotopic (exact) mass is 226 g/mol. The molecule has 0 aromatic heterocycles. The maximum absolute atomic E-state index is 9.48. The van der Waals surface area contributed by atoms with E-state index in [2.05, 4.69) is 18.7 Å². The average Bonchev–Trinajstić information content (AvgIpc) is 3.05. The second kappa shape index (κ2) is 4.28. The van der Waals surface area contributed by atoms with Crippen LogP contribution in [-0.2, 0) is 0 Å². The van der Waals surface area contributed by atoms with Crippen LogP contribution in [0.4, 0.5) is 0 Å². The summed E-state index contributed by atoms with van der Waals surface area (Å²) in [6, 6.07) is 0. The molecule has 0 aromatic carbocycles. The standard InChI is InChI=1S/C13H26N2O/c1-12(2)5-7-15(8-6-12)9-13(14,10-16)11-3-4-11/h11,16H,3-10,14H2,1-2H3. The summed E-state index contributed by atoms with van der Waals surface area (Å²) in [5.74, 6) is 0.562. The van der Waals surface area contributed by atoms with E-state index in [1.54, 1.807) is 0 Å². The number of rotatable bonds is 4. The van der Waals surface area contributed by atoms with Gasteiger partial charge in [0.2, 0.25) is 0 Å². The van der Waals surface area contributed by atoms with Crippen LogP contribution in [0.1, 0.15) is 39.5 Å². The van der Waals surface area contributed by atoms with Crippen molar-refractivity contribution in [3.8, 4) is 0 Å². The van der Waals surface area contributed by atoms with Gasteiger partial charge in [-0.3, -0.25) is 0 Å². The molecule has 3 nitrogen and oxygen atoms in total. The Morgan fingerprint density at radius 3 is 2.31 bits per heavy atom. The molecule has 1 unspecified atom stereocenters. The Kier molecular flexibility index (Phi) is 3.30. The van der Waals surface area contributed by atoms with E-state index < -0.39 is 0 Å². The van der Waals surface area contributed by atoms with Gasteiger partial charge >= 0.3 is 0 Å². The highest BCUT2D eigenvalue weighted by molar-refractivity contribution is 5.01. The fourth-order valence-corrected chi connectivity index (χ4v) is 2.70. The number of aliphatic hydroxyl groups excluding tert-OH is 1. The normalized spacial score (nSPS) is 30.0. The molecule has 2 fully saturated rings.